The van der Waals surface area contributed by atoms with Gasteiger partial charge in [0.2, 0.25) is 0 Å². The molecule has 0 bridgehead atoms. The molecular formula is C19H18N2. The van der Waals surface area contributed by atoms with Crippen molar-refractivity contribution in [3.05, 3.63) is 54.1 Å². The summed E-state index contributed by atoms with van der Waals surface area (Å²) in [6.45, 7) is 9.20. The van der Waals surface area contributed by atoms with Crippen molar-refractivity contribution >= 4 is 27.4 Å². The van der Waals surface area contributed by atoms with Crippen molar-refractivity contribution < 1.29 is 0 Å². The van der Waals surface area contributed by atoms with Crippen LogP contribution in [0.2, 0.25) is 0 Å². The number of nitrogens with zero attached hydrogens (tertiary/aromatic N) is 2. The smallest absolute Gasteiger partial charge is 0.0992 e. The Balaban J connectivity index is 2.42. The molecule has 0 saturated heterocycles. The molecular weight excluding hydrogens is 256 g/mol. The quantitative estimate of drug-likeness (QED) is 0.652. The monoisotopic (exact) mass is 274 g/mol. The number of benzene rings is 2. The lowest BCUT2D eigenvalue weighted by Gasteiger charge is -2.06. The van der Waals surface area contributed by atoms with E-state index in [4.69, 9.17) is 5.26 Å². The maximum Gasteiger partial charge on any atom is 0.0992 e. The van der Waals surface area contributed by atoms with Crippen molar-refractivity contribution in [2.75, 3.05) is 0 Å². The Morgan fingerprint density at radius 3 is 2.62 bits per heavy atom. The van der Waals surface area contributed by atoms with Crippen LogP contribution in [0.3, 0.4) is 0 Å². The molecule has 104 valence electrons. The lowest BCUT2D eigenvalue weighted by atomic mass is 10.0. The van der Waals surface area contributed by atoms with Gasteiger partial charge in [0.1, 0.15) is 0 Å². The predicted molar refractivity (Wildman–Crippen MR) is 89.2 cm³/mol. The number of aryl methyl sites for hydroxylation is 1. The van der Waals surface area contributed by atoms with E-state index in [9.17, 15) is 0 Å². The number of hydrogen-bond acceptors (Lipinski definition) is 1. The van der Waals surface area contributed by atoms with Crippen LogP contribution in [0.5, 0.6) is 0 Å². The summed E-state index contributed by atoms with van der Waals surface area (Å²) in [5.41, 5.74) is 5.32. The van der Waals surface area contributed by atoms with Crippen LogP contribution >= 0.6 is 0 Å². The van der Waals surface area contributed by atoms with E-state index in [0.29, 0.717) is 5.56 Å². The van der Waals surface area contributed by atoms with E-state index in [1.165, 1.54) is 21.9 Å². The van der Waals surface area contributed by atoms with E-state index in [2.05, 4.69) is 48.4 Å². The molecule has 1 heterocycles. The number of rotatable bonds is 3. The van der Waals surface area contributed by atoms with Gasteiger partial charge in [-0.1, -0.05) is 31.2 Å². The van der Waals surface area contributed by atoms with E-state index in [1.807, 2.05) is 19.1 Å². The maximum atomic E-state index is 9.14. The minimum Gasteiger partial charge on any atom is -0.340 e. The van der Waals surface area contributed by atoms with Crippen molar-refractivity contribution in [1.29, 1.82) is 5.26 Å². The molecule has 2 heteroatoms. The number of allylic oxidation sites excluding steroid dienone is 1. The fourth-order valence-electron chi connectivity index (χ4n) is 2.90. The van der Waals surface area contributed by atoms with Gasteiger partial charge in [0.05, 0.1) is 17.1 Å². The Kier molecular flexibility index (Phi) is 3.27. The molecule has 0 aliphatic rings. The van der Waals surface area contributed by atoms with Gasteiger partial charge in [0, 0.05) is 22.8 Å². The lowest BCUT2D eigenvalue weighted by molar-refractivity contribution is 0.724. The van der Waals surface area contributed by atoms with Gasteiger partial charge in [-0.3, -0.25) is 0 Å². The van der Waals surface area contributed by atoms with Crippen molar-refractivity contribution in [2.45, 2.75) is 26.8 Å². The fraction of sp³-hybridized carbons (Fsp3) is 0.211. The zero-order chi connectivity index (χ0) is 15.0. The summed E-state index contributed by atoms with van der Waals surface area (Å²) in [7, 11) is 0. The molecule has 0 N–H and O–H groups in total. The maximum absolute atomic E-state index is 9.14. The Bertz CT molecular complexity index is 891. The third-order valence-corrected chi connectivity index (χ3v) is 3.94. The number of aromatic nitrogens is 1. The highest BCUT2D eigenvalue weighted by molar-refractivity contribution is 6.09. The summed E-state index contributed by atoms with van der Waals surface area (Å²) in [4.78, 5) is 0. The van der Waals surface area contributed by atoms with Gasteiger partial charge in [-0.25, -0.2) is 0 Å². The van der Waals surface area contributed by atoms with Crippen LogP contribution in [-0.2, 0) is 6.54 Å². The molecule has 3 rings (SSSR count). The largest absolute Gasteiger partial charge is 0.340 e. The zero-order valence-corrected chi connectivity index (χ0v) is 12.5. The summed E-state index contributed by atoms with van der Waals surface area (Å²) >= 11 is 0. The predicted octanol–water partition coefficient (Wildman–Crippen LogP) is 5.11. The molecule has 3 aromatic rings. The first-order chi connectivity index (χ1) is 10.2. The van der Waals surface area contributed by atoms with Gasteiger partial charge in [-0.15, -0.1) is 0 Å². The lowest BCUT2D eigenvalue weighted by Crippen LogP contribution is -1.96. The summed E-state index contributed by atoms with van der Waals surface area (Å²) < 4.78 is 2.31. The van der Waals surface area contributed by atoms with Crippen LogP contribution in [0.4, 0.5) is 0 Å². The van der Waals surface area contributed by atoms with Crippen molar-refractivity contribution in [3.63, 3.8) is 0 Å². The zero-order valence-electron chi connectivity index (χ0n) is 12.5. The van der Waals surface area contributed by atoms with Crippen LogP contribution < -0.4 is 0 Å². The molecule has 2 aromatic carbocycles. The topological polar surface area (TPSA) is 28.7 Å². The molecule has 0 saturated carbocycles. The van der Waals surface area contributed by atoms with Crippen LogP contribution in [-0.4, -0.2) is 4.57 Å². The van der Waals surface area contributed by atoms with Crippen LogP contribution in [0.1, 0.15) is 31.4 Å². The molecule has 21 heavy (non-hydrogen) atoms. The molecule has 0 radical (unpaired) electrons. The minimum absolute atomic E-state index is 0.711. The van der Waals surface area contributed by atoms with Crippen molar-refractivity contribution in [2.24, 2.45) is 0 Å². The highest BCUT2D eigenvalue weighted by Gasteiger charge is 2.11. The summed E-state index contributed by atoms with van der Waals surface area (Å²) in [6, 6.07) is 14.7. The standard InChI is InChI=1S/C19H18N2/c1-4-9-21-18-8-6-15(13(2)3)11-17(18)16-7-5-14(12-20)10-19(16)21/h5-8,10-11H,2,4,9H2,1,3H3. The molecule has 0 unspecified atom stereocenters. The average Bonchev–Trinajstić information content (AvgIpc) is 2.80. The van der Waals surface area contributed by atoms with E-state index in [1.54, 1.807) is 0 Å². The van der Waals surface area contributed by atoms with Gasteiger partial charge in [-0.2, -0.15) is 5.26 Å². The van der Waals surface area contributed by atoms with Gasteiger partial charge in [0.25, 0.3) is 0 Å². The molecule has 0 fully saturated rings. The molecule has 0 spiro atoms. The molecule has 0 amide bonds. The number of nitriles is 1. The normalized spacial score (nSPS) is 10.9. The van der Waals surface area contributed by atoms with Crippen LogP contribution in [0.25, 0.3) is 27.4 Å². The average molecular weight is 274 g/mol. The first-order valence-corrected chi connectivity index (χ1v) is 7.27. The highest BCUT2D eigenvalue weighted by atomic mass is 15.0. The van der Waals surface area contributed by atoms with E-state index < -0.39 is 0 Å². The number of hydrogen-bond donors (Lipinski definition) is 0. The summed E-state index contributed by atoms with van der Waals surface area (Å²) in [6.07, 6.45) is 1.07. The molecule has 0 aliphatic carbocycles. The molecule has 0 atom stereocenters. The Labute approximate surface area is 124 Å². The minimum atomic E-state index is 0.711. The Morgan fingerprint density at radius 1 is 1.14 bits per heavy atom. The molecule has 2 nitrogen and oxygen atoms in total. The number of fused-ring (bicyclic) bond motifs is 3. The van der Waals surface area contributed by atoms with Gasteiger partial charge in [0.15, 0.2) is 0 Å². The Morgan fingerprint density at radius 2 is 1.95 bits per heavy atom. The first kappa shape index (κ1) is 13.5. The first-order valence-electron chi connectivity index (χ1n) is 7.27. The molecule has 0 aliphatic heterocycles. The van der Waals surface area contributed by atoms with Crippen molar-refractivity contribution in [3.8, 4) is 6.07 Å². The second-order valence-electron chi connectivity index (χ2n) is 5.51. The van der Waals surface area contributed by atoms with E-state index in [0.717, 1.165) is 24.1 Å². The van der Waals surface area contributed by atoms with Gasteiger partial charge < -0.3 is 4.57 Å². The SMILES string of the molecule is C=C(C)c1ccc2c(c1)c1ccc(C#N)cc1n2CCC. The van der Waals surface area contributed by atoms with Crippen LogP contribution in [0, 0.1) is 11.3 Å². The van der Waals surface area contributed by atoms with E-state index >= 15 is 0 Å². The van der Waals surface area contributed by atoms with E-state index in [-0.39, 0.29) is 0 Å². The summed E-state index contributed by atoms with van der Waals surface area (Å²) in [5, 5.41) is 11.6. The second-order valence-corrected chi connectivity index (χ2v) is 5.51. The second kappa shape index (κ2) is 5.10. The molecule has 1 aromatic heterocycles. The third kappa shape index (κ3) is 2.11. The fourth-order valence-corrected chi connectivity index (χ4v) is 2.90. The van der Waals surface area contributed by atoms with Crippen LogP contribution in [0.15, 0.2) is 43.0 Å². The van der Waals surface area contributed by atoms with Crippen molar-refractivity contribution in [1.82, 2.24) is 4.57 Å². The summed E-state index contributed by atoms with van der Waals surface area (Å²) in [5.74, 6) is 0. The highest BCUT2D eigenvalue weighted by Crippen LogP contribution is 2.32. The third-order valence-electron chi connectivity index (χ3n) is 3.94. The van der Waals surface area contributed by atoms with Gasteiger partial charge >= 0.3 is 0 Å². The van der Waals surface area contributed by atoms with Gasteiger partial charge in [-0.05, 0) is 43.2 Å². The Hall–Kier alpha value is -2.53.